The standard InChI is InChI=1S/C15H32N2O/c1-5-11-18-12-10-17-8-6-14(7-9-17)13-16-15(2,3)4/h14,16H,5-13H2,1-4H3. The van der Waals surface area contributed by atoms with Crippen LogP contribution >= 0.6 is 0 Å². The number of nitrogens with one attached hydrogen (secondary N) is 1. The minimum absolute atomic E-state index is 0.255. The van der Waals surface area contributed by atoms with Crippen molar-refractivity contribution < 1.29 is 4.74 Å². The van der Waals surface area contributed by atoms with Crippen LogP contribution in [0.5, 0.6) is 0 Å². The highest BCUT2D eigenvalue weighted by Crippen LogP contribution is 2.17. The van der Waals surface area contributed by atoms with E-state index < -0.39 is 0 Å². The predicted octanol–water partition coefficient (Wildman–Crippen LogP) is 2.51. The Hall–Kier alpha value is -0.120. The fourth-order valence-corrected chi connectivity index (χ4v) is 2.30. The van der Waals surface area contributed by atoms with Crippen LogP contribution in [0.15, 0.2) is 0 Å². The average molecular weight is 256 g/mol. The highest BCUT2D eigenvalue weighted by molar-refractivity contribution is 4.77. The fourth-order valence-electron chi connectivity index (χ4n) is 2.30. The molecule has 1 aliphatic rings. The summed E-state index contributed by atoms with van der Waals surface area (Å²) >= 11 is 0. The van der Waals surface area contributed by atoms with Gasteiger partial charge >= 0.3 is 0 Å². The molecule has 1 rings (SSSR count). The van der Waals surface area contributed by atoms with Gasteiger partial charge in [-0.1, -0.05) is 6.92 Å². The van der Waals surface area contributed by atoms with Crippen molar-refractivity contribution in [3.63, 3.8) is 0 Å². The Morgan fingerprint density at radius 1 is 1.17 bits per heavy atom. The van der Waals surface area contributed by atoms with Crippen LogP contribution in [0, 0.1) is 5.92 Å². The van der Waals surface area contributed by atoms with E-state index in [0.717, 1.165) is 32.1 Å². The Morgan fingerprint density at radius 2 is 1.83 bits per heavy atom. The number of likely N-dealkylation sites (tertiary alicyclic amines) is 1. The lowest BCUT2D eigenvalue weighted by Gasteiger charge is -2.33. The molecule has 0 aromatic rings. The first kappa shape index (κ1) is 15.9. The second-order valence-electron chi connectivity index (χ2n) is 6.53. The van der Waals surface area contributed by atoms with E-state index in [1.807, 2.05) is 0 Å². The fraction of sp³-hybridized carbons (Fsp3) is 1.00. The van der Waals surface area contributed by atoms with Crippen LogP contribution in [0.2, 0.25) is 0 Å². The molecule has 1 saturated heterocycles. The maximum absolute atomic E-state index is 5.55. The summed E-state index contributed by atoms with van der Waals surface area (Å²) in [4.78, 5) is 2.54. The summed E-state index contributed by atoms with van der Waals surface area (Å²) in [5, 5.41) is 3.62. The lowest BCUT2D eigenvalue weighted by atomic mass is 9.95. The number of hydrogen-bond donors (Lipinski definition) is 1. The van der Waals surface area contributed by atoms with Crippen LogP contribution in [0.25, 0.3) is 0 Å². The first-order valence-electron chi connectivity index (χ1n) is 7.56. The van der Waals surface area contributed by atoms with Crippen LogP contribution in [-0.2, 0) is 4.74 Å². The zero-order chi connectivity index (χ0) is 13.4. The maximum Gasteiger partial charge on any atom is 0.0593 e. The van der Waals surface area contributed by atoms with Gasteiger partial charge in [0.05, 0.1) is 6.61 Å². The number of hydrogen-bond acceptors (Lipinski definition) is 3. The molecule has 0 atom stereocenters. The Labute approximate surface area is 113 Å². The van der Waals surface area contributed by atoms with Crippen molar-refractivity contribution in [2.45, 2.75) is 52.5 Å². The maximum atomic E-state index is 5.55. The third-order valence-electron chi connectivity index (χ3n) is 3.53. The third kappa shape index (κ3) is 7.34. The second-order valence-corrected chi connectivity index (χ2v) is 6.53. The predicted molar refractivity (Wildman–Crippen MR) is 78.0 cm³/mol. The molecule has 0 amide bonds. The van der Waals surface area contributed by atoms with Gasteiger partial charge in [-0.2, -0.15) is 0 Å². The minimum Gasteiger partial charge on any atom is -0.380 e. The number of rotatable bonds is 7. The van der Waals surface area contributed by atoms with E-state index in [1.54, 1.807) is 0 Å². The quantitative estimate of drug-likeness (QED) is 0.708. The first-order chi connectivity index (χ1) is 8.51. The molecule has 0 aliphatic carbocycles. The van der Waals surface area contributed by atoms with E-state index in [9.17, 15) is 0 Å². The molecule has 0 radical (unpaired) electrons. The molecule has 3 nitrogen and oxygen atoms in total. The van der Waals surface area contributed by atoms with Gasteiger partial charge in [0, 0.05) is 18.7 Å². The van der Waals surface area contributed by atoms with Crippen LogP contribution in [0.1, 0.15) is 47.0 Å². The van der Waals surface area contributed by atoms with Gasteiger partial charge in [0.15, 0.2) is 0 Å². The zero-order valence-corrected chi connectivity index (χ0v) is 12.8. The average Bonchev–Trinajstić information content (AvgIpc) is 2.33. The summed E-state index contributed by atoms with van der Waals surface area (Å²) < 4.78 is 5.55. The van der Waals surface area contributed by atoms with Gasteiger partial charge in [0.25, 0.3) is 0 Å². The van der Waals surface area contributed by atoms with Crippen molar-refractivity contribution in [2.75, 3.05) is 39.4 Å². The molecular weight excluding hydrogens is 224 g/mol. The van der Waals surface area contributed by atoms with Crippen LogP contribution in [0.4, 0.5) is 0 Å². The molecule has 0 saturated carbocycles. The van der Waals surface area contributed by atoms with Gasteiger partial charge in [0.2, 0.25) is 0 Å². The monoisotopic (exact) mass is 256 g/mol. The molecule has 0 aromatic carbocycles. The molecule has 1 aliphatic heterocycles. The number of ether oxygens (including phenoxy) is 1. The number of piperidine rings is 1. The summed E-state index contributed by atoms with van der Waals surface area (Å²) in [7, 11) is 0. The van der Waals surface area contributed by atoms with Crippen molar-refractivity contribution in [1.82, 2.24) is 10.2 Å². The van der Waals surface area contributed by atoms with E-state index in [-0.39, 0.29) is 5.54 Å². The molecule has 1 heterocycles. The van der Waals surface area contributed by atoms with Crippen molar-refractivity contribution in [2.24, 2.45) is 5.92 Å². The largest absolute Gasteiger partial charge is 0.380 e. The van der Waals surface area contributed by atoms with Crippen molar-refractivity contribution in [3.8, 4) is 0 Å². The molecule has 1 N–H and O–H groups in total. The summed E-state index contributed by atoms with van der Waals surface area (Å²) in [5.41, 5.74) is 0.255. The molecule has 1 fully saturated rings. The first-order valence-corrected chi connectivity index (χ1v) is 7.56. The van der Waals surface area contributed by atoms with Gasteiger partial charge in [0.1, 0.15) is 0 Å². The Bertz CT molecular complexity index is 205. The van der Waals surface area contributed by atoms with Crippen molar-refractivity contribution >= 4 is 0 Å². The topological polar surface area (TPSA) is 24.5 Å². The molecule has 3 heteroatoms. The highest BCUT2D eigenvalue weighted by atomic mass is 16.5. The summed E-state index contributed by atoms with van der Waals surface area (Å²) in [6.07, 6.45) is 3.79. The van der Waals surface area contributed by atoms with Gasteiger partial charge in [-0.05, 0) is 65.6 Å². The van der Waals surface area contributed by atoms with Crippen molar-refractivity contribution in [3.05, 3.63) is 0 Å². The molecule has 108 valence electrons. The van der Waals surface area contributed by atoms with Gasteiger partial charge in [-0.3, -0.25) is 0 Å². The molecule has 18 heavy (non-hydrogen) atoms. The molecule has 0 aromatic heterocycles. The van der Waals surface area contributed by atoms with E-state index >= 15 is 0 Å². The summed E-state index contributed by atoms with van der Waals surface area (Å²) in [6.45, 7) is 15.5. The molecule has 0 spiro atoms. The van der Waals surface area contributed by atoms with E-state index in [2.05, 4.69) is 37.9 Å². The Morgan fingerprint density at radius 3 is 2.39 bits per heavy atom. The van der Waals surface area contributed by atoms with Crippen LogP contribution < -0.4 is 5.32 Å². The second kappa shape index (κ2) is 8.13. The van der Waals surface area contributed by atoms with E-state index in [4.69, 9.17) is 4.74 Å². The van der Waals surface area contributed by atoms with Crippen molar-refractivity contribution in [1.29, 1.82) is 0 Å². The summed E-state index contributed by atoms with van der Waals surface area (Å²) in [6, 6.07) is 0. The third-order valence-corrected chi connectivity index (χ3v) is 3.53. The molecule has 0 bridgehead atoms. The highest BCUT2D eigenvalue weighted by Gasteiger charge is 2.20. The van der Waals surface area contributed by atoms with Gasteiger partial charge < -0.3 is 15.0 Å². The minimum atomic E-state index is 0.255. The Balaban J connectivity index is 2.05. The van der Waals surface area contributed by atoms with Gasteiger partial charge in [-0.25, -0.2) is 0 Å². The Kier molecular flexibility index (Phi) is 7.20. The summed E-state index contributed by atoms with van der Waals surface area (Å²) in [5.74, 6) is 0.858. The normalized spacial score (nSPS) is 19.3. The van der Waals surface area contributed by atoms with E-state index in [0.29, 0.717) is 0 Å². The molecular formula is C15H32N2O. The van der Waals surface area contributed by atoms with E-state index in [1.165, 1.54) is 32.5 Å². The SMILES string of the molecule is CCCOCCN1CCC(CNC(C)(C)C)CC1. The van der Waals surface area contributed by atoms with Crippen LogP contribution in [0.3, 0.4) is 0 Å². The lowest BCUT2D eigenvalue weighted by Crippen LogP contribution is -2.43. The smallest absolute Gasteiger partial charge is 0.0593 e. The van der Waals surface area contributed by atoms with Crippen LogP contribution in [-0.4, -0.2) is 49.8 Å². The van der Waals surface area contributed by atoms with Gasteiger partial charge in [-0.15, -0.1) is 0 Å². The number of nitrogens with zero attached hydrogens (tertiary/aromatic N) is 1. The molecule has 0 unspecified atom stereocenters. The lowest BCUT2D eigenvalue weighted by molar-refractivity contribution is 0.0879. The zero-order valence-electron chi connectivity index (χ0n) is 12.8.